The van der Waals surface area contributed by atoms with Crippen LogP contribution in [0.5, 0.6) is 5.75 Å². The number of nitrogens with two attached hydrogens (primary N) is 1. The van der Waals surface area contributed by atoms with Crippen molar-refractivity contribution in [2.75, 3.05) is 0 Å². The van der Waals surface area contributed by atoms with Gasteiger partial charge < -0.3 is 20.3 Å². The second-order valence-corrected chi connectivity index (χ2v) is 7.57. The molecule has 2 fully saturated rings. The molecule has 0 aliphatic carbocycles. The molecule has 4 rings (SSSR count). The number of carboxylic acid groups (broad SMARTS) is 1. The number of carbonyl (C=O) groups excluding carboxylic acids is 3. The van der Waals surface area contributed by atoms with E-state index in [1.165, 1.54) is 18.3 Å². The van der Waals surface area contributed by atoms with Gasteiger partial charge in [-0.15, -0.1) is 0 Å². The van der Waals surface area contributed by atoms with Gasteiger partial charge in [-0.05, 0) is 24.6 Å². The first-order valence-electron chi connectivity index (χ1n) is 9.09. The highest BCUT2D eigenvalue weighted by atomic mass is 16.4. The topological polar surface area (TPSA) is 114 Å². The molecule has 2 aliphatic rings. The van der Waals surface area contributed by atoms with Gasteiger partial charge in [0, 0.05) is 0 Å². The molecular weight excluding hydrogens is 360 g/mol. The summed E-state index contributed by atoms with van der Waals surface area (Å²) in [6.45, 7) is 1.50. The van der Waals surface area contributed by atoms with Gasteiger partial charge in [0.25, 0.3) is 0 Å². The molecule has 0 aromatic heterocycles. The molecule has 2 heterocycles. The fourth-order valence-electron chi connectivity index (χ4n) is 4.49. The highest BCUT2D eigenvalue weighted by molar-refractivity contribution is 6.08. The van der Waals surface area contributed by atoms with Gasteiger partial charge >= 0.3 is 0 Å². The van der Waals surface area contributed by atoms with E-state index in [1.807, 2.05) is 18.2 Å². The predicted molar refractivity (Wildman–Crippen MR) is 95.2 cm³/mol. The summed E-state index contributed by atoms with van der Waals surface area (Å²) >= 11 is 0. The minimum Gasteiger partial charge on any atom is -0.544 e. The van der Waals surface area contributed by atoms with Crippen LogP contribution in [0.3, 0.4) is 0 Å². The Balaban J connectivity index is 1.76. The summed E-state index contributed by atoms with van der Waals surface area (Å²) in [5.41, 5.74) is -0.386. The zero-order valence-corrected chi connectivity index (χ0v) is 15.2. The number of phenols is 1. The maximum atomic E-state index is 13.2. The van der Waals surface area contributed by atoms with Gasteiger partial charge in [0.05, 0.1) is 12.1 Å². The van der Waals surface area contributed by atoms with Crippen molar-refractivity contribution in [3.8, 4) is 5.75 Å². The normalized spacial score (nSPS) is 29.2. The lowest BCUT2D eigenvalue weighted by Crippen LogP contribution is -2.98. The molecule has 0 saturated carbocycles. The number of hydrogen-bond acceptors (Lipinski definition) is 5. The summed E-state index contributed by atoms with van der Waals surface area (Å²) in [7, 11) is 0. The van der Waals surface area contributed by atoms with E-state index < -0.39 is 41.2 Å². The molecule has 2 saturated heterocycles. The highest BCUT2D eigenvalue weighted by Crippen LogP contribution is 2.45. The number of phenolic OH excluding ortho intramolecular Hbond substituents is 1. The fourth-order valence-corrected chi connectivity index (χ4v) is 4.49. The van der Waals surface area contributed by atoms with E-state index in [2.05, 4.69) is 0 Å². The minimum atomic E-state index is -1.60. The molecule has 144 valence electrons. The number of amides is 2. The molecule has 0 spiro atoms. The smallest absolute Gasteiger partial charge is 0.240 e. The number of nitrogens with zero attached hydrogens (tertiary/aromatic N) is 1. The number of benzene rings is 2. The standard InChI is InChI=1S/C21H20N2O5/c1-21(20(27)28)16-15(17(22-21)13-9-5-6-10-14(13)24)18(25)23(19(16)26)11-12-7-3-2-4-8-12/h2-10,15-17,22,24H,11H2,1H3,(H,27,28)/t15-,16+,17-,21+/m0/s1. The molecule has 2 aromatic rings. The van der Waals surface area contributed by atoms with Gasteiger partial charge in [-0.3, -0.25) is 14.5 Å². The van der Waals surface area contributed by atoms with E-state index in [1.54, 1.807) is 30.3 Å². The number of fused-ring (bicyclic) bond motifs is 1. The lowest BCUT2D eigenvalue weighted by atomic mass is 9.80. The number of aromatic hydroxyl groups is 1. The molecule has 2 aromatic carbocycles. The maximum absolute atomic E-state index is 13.2. The molecule has 7 heteroatoms. The fraction of sp³-hybridized carbons (Fsp3) is 0.286. The number of hydrogen-bond donors (Lipinski definition) is 2. The monoisotopic (exact) mass is 380 g/mol. The van der Waals surface area contributed by atoms with Crippen LogP contribution in [0.1, 0.15) is 24.1 Å². The third-order valence-electron chi connectivity index (χ3n) is 5.92. The van der Waals surface area contributed by atoms with Crippen LogP contribution in [0.25, 0.3) is 0 Å². The van der Waals surface area contributed by atoms with Gasteiger partial charge in [0.2, 0.25) is 11.8 Å². The number of para-hydroxylation sites is 1. The SMILES string of the molecule is C[C@@]1(C(=O)[O-])[NH2+][C@@H](c2ccccc2O)[C@H]2C(=O)N(Cc3ccccc3)C(=O)[C@@H]21. The zero-order chi connectivity index (χ0) is 20.1. The summed E-state index contributed by atoms with van der Waals surface area (Å²) in [4.78, 5) is 39.4. The van der Waals surface area contributed by atoms with E-state index in [-0.39, 0.29) is 12.3 Å². The van der Waals surface area contributed by atoms with Crippen LogP contribution in [-0.4, -0.2) is 33.3 Å². The first-order valence-corrected chi connectivity index (χ1v) is 9.09. The van der Waals surface area contributed by atoms with Crippen molar-refractivity contribution in [3.05, 3.63) is 65.7 Å². The van der Waals surface area contributed by atoms with E-state index >= 15 is 0 Å². The quantitative estimate of drug-likeness (QED) is 0.682. The molecule has 4 atom stereocenters. The molecule has 7 nitrogen and oxygen atoms in total. The number of carboxylic acids is 1. The second-order valence-electron chi connectivity index (χ2n) is 7.57. The largest absolute Gasteiger partial charge is 0.544 e. The molecule has 3 N–H and O–H groups in total. The maximum Gasteiger partial charge on any atom is 0.240 e. The highest BCUT2D eigenvalue weighted by Gasteiger charge is 2.68. The third-order valence-corrected chi connectivity index (χ3v) is 5.92. The van der Waals surface area contributed by atoms with Crippen molar-refractivity contribution < 1.29 is 29.9 Å². The lowest BCUT2D eigenvalue weighted by Gasteiger charge is -2.29. The van der Waals surface area contributed by atoms with Crippen LogP contribution in [0.4, 0.5) is 0 Å². The van der Waals surface area contributed by atoms with Crippen molar-refractivity contribution in [2.24, 2.45) is 11.8 Å². The van der Waals surface area contributed by atoms with Crippen LogP contribution >= 0.6 is 0 Å². The molecule has 0 radical (unpaired) electrons. The van der Waals surface area contributed by atoms with Gasteiger partial charge in [-0.2, -0.15) is 0 Å². The van der Waals surface area contributed by atoms with Crippen LogP contribution in [0, 0.1) is 11.8 Å². The van der Waals surface area contributed by atoms with Gasteiger partial charge in [-0.25, -0.2) is 0 Å². The van der Waals surface area contributed by atoms with Gasteiger partial charge in [0.15, 0.2) is 0 Å². The summed E-state index contributed by atoms with van der Waals surface area (Å²) in [6, 6.07) is 14.9. The van der Waals surface area contributed by atoms with Crippen molar-refractivity contribution in [2.45, 2.75) is 25.0 Å². The molecule has 2 amide bonds. The summed E-state index contributed by atoms with van der Waals surface area (Å²) < 4.78 is 0. The molecule has 0 bridgehead atoms. The second kappa shape index (κ2) is 6.45. The Bertz CT molecular complexity index is 960. The van der Waals surface area contributed by atoms with E-state index in [4.69, 9.17) is 0 Å². The number of aliphatic carboxylic acids is 1. The minimum absolute atomic E-state index is 0.0353. The molecular formula is C21H20N2O5. The Hall–Kier alpha value is -3.19. The Morgan fingerprint density at radius 1 is 1.11 bits per heavy atom. The number of likely N-dealkylation sites (tertiary alicyclic amines) is 1. The average molecular weight is 380 g/mol. The Morgan fingerprint density at radius 3 is 2.39 bits per heavy atom. The van der Waals surface area contributed by atoms with E-state index in [9.17, 15) is 24.6 Å². The molecule has 28 heavy (non-hydrogen) atoms. The van der Waals surface area contributed by atoms with Gasteiger partial charge in [-0.1, -0.05) is 42.5 Å². The summed E-state index contributed by atoms with van der Waals surface area (Å²) in [5, 5.41) is 23.7. The van der Waals surface area contributed by atoms with Crippen LogP contribution in [-0.2, 0) is 20.9 Å². The van der Waals surface area contributed by atoms with E-state index in [0.29, 0.717) is 5.56 Å². The average Bonchev–Trinajstić information content (AvgIpc) is 3.12. The first-order chi connectivity index (χ1) is 13.3. The number of carbonyl (C=O) groups is 3. The van der Waals surface area contributed by atoms with Gasteiger partial charge in [0.1, 0.15) is 35.1 Å². The van der Waals surface area contributed by atoms with E-state index in [0.717, 1.165) is 10.5 Å². The third kappa shape index (κ3) is 2.58. The van der Waals surface area contributed by atoms with Crippen molar-refractivity contribution >= 4 is 17.8 Å². The Labute approximate surface area is 161 Å². The van der Waals surface area contributed by atoms with Crippen LogP contribution in [0.2, 0.25) is 0 Å². The van der Waals surface area contributed by atoms with Crippen LogP contribution in [0.15, 0.2) is 54.6 Å². The molecule has 2 aliphatic heterocycles. The van der Waals surface area contributed by atoms with Crippen molar-refractivity contribution in [3.63, 3.8) is 0 Å². The summed E-state index contributed by atoms with van der Waals surface area (Å²) in [6.07, 6.45) is 0. The Kier molecular flexibility index (Phi) is 4.19. The summed E-state index contributed by atoms with van der Waals surface area (Å²) in [5.74, 6) is -4.31. The molecule has 0 unspecified atom stereocenters. The predicted octanol–water partition coefficient (Wildman–Crippen LogP) is -0.680. The zero-order valence-electron chi connectivity index (χ0n) is 15.2. The first kappa shape index (κ1) is 18.2. The number of imide groups is 1. The Morgan fingerprint density at radius 2 is 1.75 bits per heavy atom. The van der Waals surface area contributed by atoms with Crippen molar-refractivity contribution in [1.29, 1.82) is 0 Å². The van der Waals surface area contributed by atoms with Crippen LogP contribution < -0.4 is 10.4 Å². The number of quaternary nitrogens is 1. The van der Waals surface area contributed by atoms with Crippen molar-refractivity contribution in [1.82, 2.24) is 4.90 Å². The lowest BCUT2D eigenvalue weighted by molar-refractivity contribution is -0.735. The number of rotatable bonds is 4.